The summed E-state index contributed by atoms with van der Waals surface area (Å²) in [5, 5.41) is 3.57. The molecule has 16 heavy (non-hydrogen) atoms. The molecule has 2 fully saturated rings. The number of hydrogen-bond donors (Lipinski definition) is 1. The van der Waals surface area contributed by atoms with E-state index in [0.717, 1.165) is 25.0 Å². The first-order valence-electron chi connectivity index (χ1n) is 7.23. The molecule has 0 spiro atoms. The minimum absolute atomic E-state index is 0.787. The van der Waals surface area contributed by atoms with E-state index in [1.54, 1.807) is 0 Å². The van der Waals surface area contributed by atoms with E-state index in [9.17, 15) is 0 Å². The van der Waals surface area contributed by atoms with Crippen molar-refractivity contribution >= 4 is 0 Å². The molecule has 1 N–H and O–H groups in total. The molecule has 2 aliphatic rings. The molecule has 0 radical (unpaired) electrons. The molecule has 0 aromatic heterocycles. The van der Waals surface area contributed by atoms with Crippen molar-refractivity contribution in [1.29, 1.82) is 0 Å². The highest BCUT2D eigenvalue weighted by molar-refractivity contribution is 4.68. The van der Waals surface area contributed by atoms with Gasteiger partial charge in [-0.1, -0.05) is 38.5 Å². The van der Waals surface area contributed by atoms with Gasteiger partial charge in [0.05, 0.1) is 6.61 Å². The van der Waals surface area contributed by atoms with E-state index in [4.69, 9.17) is 4.74 Å². The lowest BCUT2D eigenvalue weighted by atomic mass is 10.0. The monoisotopic (exact) mass is 225 g/mol. The molecule has 2 rings (SSSR count). The van der Waals surface area contributed by atoms with Crippen LogP contribution in [0.3, 0.4) is 0 Å². The van der Waals surface area contributed by atoms with Crippen LogP contribution < -0.4 is 5.32 Å². The van der Waals surface area contributed by atoms with Crippen LogP contribution in [0.25, 0.3) is 0 Å². The summed E-state index contributed by atoms with van der Waals surface area (Å²) in [6.45, 7) is 4.34. The summed E-state index contributed by atoms with van der Waals surface area (Å²) in [5.41, 5.74) is 0. The van der Waals surface area contributed by atoms with Crippen LogP contribution in [0.1, 0.15) is 51.4 Å². The summed E-state index contributed by atoms with van der Waals surface area (Å²) < 4.78 is 5.36. The van der Waals surface area contributed by atoms with Gasteiger partial charge in [-0.2, -0.15) is 0 Å². The number of unbranched alkanes of at least 4 members (excludes halogenated alkanes) is 1. The number of nitrogens with one attached hydrogen (secondary N) is 1. The maximum absolute atomic E-state index is 5.36. The molecule has 1 aliphatic heterocycles. The Bertz CT molecular complexity index is 152. The summed E-state index contributed by atoms with van der Waals surface area (Å²) >= 11 is 0. The fraction of sp³-hybridized carbons (Fsp3) is 1.00. The maximum atomic E-state index is 5.36. The van der Waals surface area contributed by atoms with Crippen molar-refractivity contribution in [2.24, 2.45) is 11.8 Å². The zero-order valence-electron chi connectivity index (χ0n) is 10.5. The minimum Gasteiger partial charge on any atom is -0.381 e. The first kappa shape index (κ1) is 12.4. The second-order valence-corrected chi connectivity index (χ2v) is 5.58. The SMILES string of the molecule is C(CCC1CCCC1)CNCC1CCOC1. The lowest BCUT2D eigenvalue weighted by Crippen LogP contribution is -2.24. The average molecular weight is 225 g/mol. The lowest BCUT2D eigenvalue weighted by molar-refractivity contribution is 0.185. The van der Waals surface area contributed by atoms with Crippen LogP contribution in [0.5, 0.6) is 0 Å². The highest BCUT2D eigenvalue weighted by Gasteiger charge is 2.15. The molecule has 94 valence electrons. The third-order valence-corrected chi connectivity index (χ3v) is 4.15. The molecule has 1 saturated heterocycles. The Morgan fingerprint density at radius 3 is 2.62 bits per heavy atom. The Morgan fingerprint density at radius 2 is 1.88 bits per heavy atom. The van der Waals surface area contributed by atoms with Crippen LogP contribution in [0.4, 0.5) is 0 Å². The zero-order chi connectivity index (χ0) is 11.1. The van der Waals surface area contributed by atoms with E-state index in [1.165, 1.54) is 64.5 Å². The molecule has 0 bridgehead atoms. The van der Waals surface area contributed by atoms with Crippen LogP contribution in [-0.4, -0.2) is 26.3 Å². The van der Waals surface area contributed by atoms with Gasteiger partial charge in [0.15, 0.2) is 0 Å². The van der Waals surface area contributed by atoms with Gasteiger partial charge in [0, 0.05) is 13.2 Å². The fourth-order valence-corrected chi connectivity index (χ4v) is 3.03. The highest BCUT2D eigenvalue weighted by Crippen LogP contribution is 2.28. The molecule has 0 aromatic rings. The predicted octanol–water partition coefficient (Wildman–Crippen LogP) is 2.97. The van der Waals surface area contributed by atoms with Gasteiger partial charge in [0.2, 0.25) is 0 Å². The minimum atomic E-state index is 0.787. The van der Waals surface area contributed by atoms with Crippen molar-refractivity contribution in [2.45, 2.75) is 51.4 Å². The first-order chi connectivity index (χ1) is 7.95. The van der Waals surface area contributed by atoms with Crippen LogP contribution in [0, 0.1) is 11.8 Å². The normalized spacial score (nSPS) is 26.6. The molecule has 0 aromatic carbocycles. The van der Waals surface area contributed by atoms with Crippen molar-refractivity contribution < 1.29 is 4.74 Å². The van der Waals surface area contributed by atoms with Crippen LogP contribution in [0.15, 0.2) is 0 Å². The third kappa shape index (κ3) is 4.42. The van der Waals surface area contributed by atoms with Crippen LogP contribution in [-0.2, 0) is 4.74 Å². The molecule has 1 aliphatic carbocycles. The summed E-state index contributed by atoms with van der Waals surface area (Å²) in [6, 6.07) is 0. The summed E-state index contributed by atoms with van der Waals surface area (Å²) in [7, 11) is 0. The van der Waals surface area contributed by atoms with Gasteiger partial charge >= 0.3 is 0 Å². The first-order valence-corrected chi connectivity index (χ1v) is 7.23. The van der Waals surface area contributed by atoms with Crippen LogP contribution >= 0.6 is 0 Å². The Hall–Kier alpha value is -0.0800. The molecular weight excluding hydrogens is 198 g/mol. The van der Waals surface area contributed by atoms with Gasteiger partial charge in [-0.15, -0.1) is 0 Å². The van der Waals surface area contributed by atoms with Gasteiger partial charge in [0.25, 0.3) is 0 Å². The zero-order valence-corrected chi connectivity index (χ0v) is 10.5. The van der Waals surface area contributed by atoms with Gasteiger partial charge < -0.3 is 10.1 Å². The highest BCUT2D eigenvalue weighted by atomic mass is 16.5. The number of ether oxygens (including phenoxy) is 1. The molecule has 1 heterocycles. The van der Waals surface area contributed by atoms with E-state index in [1.807, 2.05) is 0 Å². The second kappa shape index (κ2) is 7.29. The van der Waals surface area contributed by atoms with E-state index in [2.05, 4.69) is 5.32 Å². The average Bonchev–Trinajstić information content (AvgIpc) is 2.96. The molecule has 0 amide bonds. The van der Waals surface area contributed by atoms with E-state index in [0.29, 0.717) is 0 Å². The van der Waals surface area contributed by atoms with Gasteiger partial charge in [-0.05, 0) is 31.2 Å². The summed E-state index contributed by atoms with van der Waals surface area (Å²) in [6.07, 6.45) is 11.5. The van der Waals surface area contributed by atoms with Crippen molar-refractivity contribution in [1.82, 2.24) is 5.32 Å². The lowest BCUT2D eigenvalue weighted by Gasteiger charge is -2.10. The standard InChI is InChI=1S/C14H27NO/c1-2-6-13(5-1)7-3-4-9-15-11-14-8-10-16-12-14/h13-15H,1-12H2. The molecule has 1 unspecified atom stereocenters. The van der Waals surface area contributed by atoms with Crippen molar-refractivity contribution in [3.8, 4) is 0 Å². The predicted molar refractivity (Wildman–Crippen MR) is 67.6 cm³/mol. The Labute approximate surface area is 100 Å². The van der Waals surface area contributed by atoms with Gasteiger partial charge in [0.1, 0.15) is 0 Å². The van der Waals surface area contributed by atoms with Crippen LogP contribution in [0.2, 0.25) is 0 Å². The van der Waals surface area contributed by atoms with Gasteiger partial charge in [-0.3, -0.25) is 0 Å². The Balaban J connectivity index is 1.37. The summed E-state index contributed by atoms with van der Waals surface area (Å²) in [4.78, 5) is 0. The molecule has 2 heteroatoms. The smallest absolute Gasteiger partial charge is 0.0507 e. The quantitative estimate of drug-likeness (QED) is 0.673. The van der Waals surface area contributed by atoms with Crippen molar-refractivity contribution in [3.63, 3.8) is 0 Å². The molecule has 1 atom stereocenters. The van der Waals surface area contributed by atoms with Crippen molar-refractivity contribution in [3.05, 3.63) is 0 Å². The topological polar surface area (TPSA) is 21.3 Å². The van der Waals surface area contributed by atoms with E-state index in [-0.39, 0.29) is 0 Å². The van der Waals surface area contributed by atoms with E-state index >= 15 is 0 Å². The third-order valence-electron chi connectivity index (χ3n) is 4.15. The molecule has 1 saturated carbocycles. The van der Waals surface area contributed by atoms with Gasteiger partial charge in [-0.25, -0.2) is 0 Å². The Morgan fingerprint density at radius 1 is 1.00 bits per heavy atom. The molecule has 2 nitrogen and oxygen atoms in total. The number of rotatable bonds is 7. The molecular formula is C14H27NO. The summed E-state index contributed by atoms with van der Waals surface area (Å²) in [5.74, 6) is 1.86. The maximum Gasteiger partial charge on any atom is 0.0507 e. The second-order valence-electron chi connectivity index (χ2n) is 5.58. The fourth-order valence-electron chi connectivity index (χ4n) is 3.03. The number of hydrogen-bond acceptors (Lipinski definition) is 2. The Kier molecular flexibility index (Phi) is 5.64. The largest absolute Gasteiger partial charge is 0.381 e. The van der Waals surface area contributed by atoms with E-state index < -0.39 is 0 Å². The van der Waals surface area contributed by atoms with Crippen molar-refractivity contribution in [2.75, 3.05) is 26.3 Å².